The van der Waals surface area contributed by atoms with Crippen LogP contribution in [0.25, 0.3) is 0 Å². The van der Waals surface area contributed by atoms with Gasteiger partial charge in [-0.15, -0.1) is 0 Å². The summed E-state index contributed by atoms with van der Waals surface area (Å²) >= 11 is 0. The van der Waals surface area contributed by atoms with Crippen molar-refractivity contribution in [2.45, 2.75) is 57.3 Å². The molecule has 0 saturated carbocycles. The molecule has 0 fully saturated rings. The van der Waals surface area contributed by atoms with E-state index in [1.807, 2.05) is 0 Å². The molecule has 0 heterocycles. The number of rotatable bonds is 14. The van der Waals surface area contributed by atoms with Gasteiger partial charge >= 0.3 is 11.9 Å². The number of aliphatic carboxylic acids is 2. The first-order valence-electron chi connectivity index (χ1n) is 10.9. The molecule has 0 aliphatic carbocycles. The molecule has 1 aromatic rings. The highest BCUT2D eigenvalue weighted by molar-refractivity contribution is 5.95. The van der Waals surface area contributed by atoms with Gasteiger partial charge in [-0.25, -0.2) is 4.79 Å². The summed E-state index contributed by atoms with van der Waals surface area (Å²) in [6, 6.07) is 0.114. The van der Waals surface area contributed by atoms with E-state index in [2.05, 4.69) is 16.0 Å². The number of benzene rings is 1. The number of carboxylic acid groups (broad SMARTS) is 2. The maximum Gasteiger partial charge on any atom is 0.326 e. The maximum absolute atomic E-state index is 12.9. The van der Waals surface area contributed by atoms with E-state index < -0.39 is 72.8 Å². The molecular formula is C22H32N4O9. The van der Waals surface area contributed by atoms with Crippen molar-refractivity contribution < 1.29 is 44.4 Å². The number of carbonyl (C=O) groups excluding carboxylic acids is 3. The molecule has 3 amide bonds. The minimum absolute atomic E-state index is 0.0337. The largest absolute Gasteiger partial charge is 0.508 e. The number of nitrogens with one attached hydrogen (secondary N) is 3. The molecule has 0 spiro atoms. The normalized spacial score (nSPS) is 15.1. The van der Waals surface area contributed by atoms with E-state index in [1.165, 1.54) is 24.3 Å². The Labute approximate surface area is 201 Å². The van der Waals surface area contributed by atoms with Crippen LogP contribution in [0.15, 0.2) is 24.3 Å². The third-order valence-corrected chi connectivity index (χ3v) is 5.33. The highest BCUT2D eigenvalue weighted by Gasteiger charge is 2.32. The van der Waals surface area contributed by atoms with E-state index >= 15 is 0 Å². The summed E-state index contributed by atoms with van der Waals surface area (Å²) in [5.74, 6) is -5.83. The minimum Gasteiger partial charge on any atom is -0.508 e. The summed E-state index contributed by atoms with van der Waals surface area (Å²) in [7, 11) is 0. The summed E-state index contributed by atoms with van der Waals surface area (Å²) in [6.45, 7) is 2.50. The van der Waals surface area contributed by atoms with E-state index in [-0.39, 0.29) is 12.2 Å². The molecule has 9 N–H and O–H groups in total. The van der Waals surface area contributed by atoms with Crippen LogP contribution < -0.4 is 21.7 Å². The summed E-state index contributed by atoms with van der Waals surface area (Å²) in [5, 5.41) is 44.2. The molecule has 35 heavy (non-hydrogen) atoms. The zero-order valence-corrected chi connectivity index (χ0v) is 19.4. The number of phenols is 1. The van der Waals surface area contributed by atoms with Crippen molar-refractivity contribution in [1.29, 1.82) is 0 Å². The van der Waals surface area contributed by atoms with E-state index in [4.69, 9.17) is 10.8 Å². The minimum atomic E-state index is -1.53. The smallest absolute Gasteiger partial charge is 0.326 e. The average Bonchev–Trinajstić information content (AvgIpc) is 2.80. The van der Waals surface area contributed by atoms with E-state index in [0.29, 0.717) is 12.0 Å². The third-order valence-electron chi connectivity index (χ3n) is 5.33. The van der Waals surface area contributed by atoms with Gasteiger partial charge in [0.1, 0.15) is 23.9 Å². The van der Waals surface area contributed by atoms with Gasteiger partial charge in [0.05, 0.1) is 19.1 Å². The molecule has 194 valence electrons. The van der Waals surface area contributed by atoms with Crippen LogP contribution >= 0.6 is 0 Å². The fourth-order valence-corrected chi connectivity index (χ4v) is 3.04. The lowest BCUT2D eigenvalue weighted by molar-refractivity contribution is -0.144. The van der Waals surface area contributed by atoms with E-state index in [0.717, 1.165) is 0 Å². The number of hydrogen-bond acceptors (Lipinski definition) is 8. The van der Waals surface area contributed by atoms with Gasteiger partial charge in [0, 0.05) is 6.42 Å². The standard InChI is InChI=1S/C22H32N4O9/c1-3-11(2)18(22(34)35)26-21(33)16(10-27)25-20(32)15(8-12-4-6-13(28)7-5-12)24-19(31)14(23)9-17(29)30/h4-7,11,14-16,18,27-28H,3,8-10,23H2,1-2H3,(H,24,31)(H,25,32)(H,26,33)(H,29,30)(H,34,35)/t11-,14-,15-,16-,18-/m0/s1. The quantitative estimate of drug-likeness (QED) is 0.146. The van der Waals surface area contributed by atoms with Crippen LogP contribution in [0.2, 0.25) is 0 Å². The average molecular weight is 497 g/mol. The molecule has 0 bridgehead atoms. The number of aromatic hydroxyl groups is 1. The first kappa shape index (κ1) is 29.3. The fraction of sp³-hybridized carbons (Fsp3) is 0.500. The van der Waals surface area contributed by atoms with Crippen molar-refractivity contribution in [1.82, 2.24) is 16.0 Å². The van der Waals surface area contributed by atoms with Crippen LogP contribution in [0.1, 0.15) is 32.3 Å². The number of nitrogens with two attached hydrogens (primary N) is 1. The monoisotopic (exact) mass is 496 g/mol. The number of carbonyl (C=O) groups is 5. The third kappa shape index (κ3) is 9.59. The molecule has 0 radical (unpaired) electrons. The lowest BCUT2D eigenvalue weighted by Crippen LogP contribution is -2.59. The number of carboxylic acids is 2. The molecule has 0 aliphatic rings. The van der Waals surface area contributed by atoms with Crippen molar-refractivity contribution in [2.75, 3.05) is 6.61 Å². The summed E-state index contributed by atoms with van der Waals surface area (Å²) in [5.41, 5.74) is 6.07. The van der Waals surface area contributed by atoms with Gasteiger partial charge in [0.15, 0.2) is 0 Å². The Hall–Kier alpha value is -3.71. The van der Waals surface area contributed by atoms with Crippen LogP contribution in [-0.2, 0) is 30.4 Å². The molecule has 1 rings (SSSR count). The molecular weight excluding hydrogens is 464 g/mol. The molecule has 5 atom stereocenters. The van der Waals surface area contributed by atoms with Gasteiger partial charge in [0.2, 0.25) is 17.7 Å². The van der Waals surface area contributed by atoms with E-state index in [9.17, 15) is 39.3 Å². The Morgan fingerprint density at radius 3 is 1.94 bits per heavy atom. The van der Waals surface area contributed by atoms with Gasteiger partial charge in [-0.1, -0.05) is 32.4 Å². The Kier molecular flexibility index (Phi) is 11.6. The number of hydrogen-bond donors (Lipinski definition) is 8. The summed E-state index contributed by atoms with van der Waals surface area (Å²) < 4.78 is 0. The van der Waals surface area contributed by atoms with Crippen LogP contribution in [0.4, 0.5) is 0 Å². The highest BCUT2D eigenvalue weighted by atomic mass is 16.4. The van der Waals surface area contributed by atoms with Crippen molar-refractivity contribution >= 4 is 29.7 Å². The second kappa shape index (κ2) is 13.9. The van der Waals surface area contributed by atoms with Crippen molar-refractivity contribution in [3.8, 4) is 5.75 Å². The molecule has 0 saturated heterocycles. The van der Waals surface area contributed by atoms with Crippen molar-refractivity contribution in [3.05, 3.63) is 29.8 Å². The Balaban J connectivity index is 3.05. The Bertz CT molecular complexity index is 907. The zero-order chi connectivity index (χ0) is 26.7. The Morgan fingerprint density at radius 2 is 1.46 bits per heavy atom. The number of amides is 3. The van der Waals surface area contributed by atoms with Crippen LogP contribution in [0.3, 0.4) is 0 Å². The molecule has 0 aliphatic heterocycles. The van der Waals surface area contributed by atoms with Gasteiger partial charge in [-0.3, -0.25) is 19.2 Å². The van der Waals surface area contributed by atoms with Crippen LogP contribution in [0, 0.1) is 5.92 Å². The molecule has 1 aromatic carbocycles. The summed E-state index contributed by atoms with van der Waals surface area (Å²) in [6.07, 6.45) is -0.361. The molecule has 13 nitrogen and oxygen atoms in total. The lowest BCUT2D eigenvalue weighted by atomic mass is 9.99. The first-order valence-corrected chi connectivity index (χ1v) is 10.9. The van der Waals surface area contributed by atoms with Crippen LogP contribution in [-0.4, -0.2) is 80.9 Å². The van der Waals surface area contributed by atoms with Gasteiger partial charge < -0.3 is 42.1 Å². The number of phenolic OH excluding ortho intramolecular Hbond substituents is 1. The van der Waals surface area contributed by atoms with Crippen molar-refractivity contribution in [3.63, 3.8) is 0 Å². The number of aliphatic hydroxyl groups excluding tert-OH is 1. The van der Waals surface area contributed by atoms with Crippen molar-refractivity contribution in [2.24, 2.45) is 11.7 Å². The second-order valence-corrected chi connectivity index (χ2v) is 8.09. The SMILES string of the molecule is CC[C@H](C)[C@H](NC(=O)[C@H](CO)NC(=O)[C@H](Cc1ccc(O)cc1)NC(=O)[C@@H](N)CC(=O)O)C(=O)O. The first-order chi connectivity index (χ1) is 16.4. The highest BCUT2D eigenvalue weighted by Crippen LogP contribution is 2.12. The second-order valence-electron chi connectivity index (χ2n) is 8.09. The van der Waals surface area contributed by atoms with Crippen LogP contribution in [0.5, 0.6) is 5.75 Å². The number of aliphatic hydroxyl groups is 1. The van der Waals surface area contributed by atoms with Gasteiger partial charge in [0.25, 0.3) is 0 Å². The maximum atomic E-state index is 12.9. The van der Waals surface area contributed by atoms with E-state index in [1.54, 1.807) is 13.8 Å². The van der Waals surface area contributed by atoms with Gasteiger partial charge in [-0.05, 0) is 23.6 Å². The topological polar surface area (TPSA) is 228 Å². The predicted molar refractivity (Wildman–Crippen MR) is 122 cm³/mol. The summed E-state index contributed by atoms with van der Waals surface area (Å²) in [4.78, 5) is 60.2. The Morgan fingerprint density at radius 1 is 0.914 bits per heavy atom. The van der Waals surface area contributed by atoms with Gasteiger partial charge in [-0.2, -0.15) is 0 Å². The molecule has 13 heteroatoms. The molecule has 0 aromatic heterocycles. The predicted octanol–water partition coefficient (Wildman–Crippen LogP) is -1.69. The zero-order valence-electron chi connectivity index (χ0n) is 19.4. The fourth-order valence-electron chi connectivity index (χ4n) is 3.04. The molecule has 0 unspecified atom stereocenters. The lowest BCUT2D eigenvalue weighted by Gasteiger charge is -2.25.